The van der Waals surface area contributed by atoms with Crippen LogP contribution in [0.25, 0.3) is 0 Å². The number of aliphatic carboxylic acids is 1. The molecule has 1 atom stereocenters. The second-order valence-electron chi connectivity index (χ2n) is 3.98. The molecule has 1 fully saturated rings. The van der Waals surface area contributed by atoms with Crippen molar-refractivity contribution in [2.24, 2.45) is 11.3 Å². The number of carbonyl (C=O) groups excluding carboxylic acids is 1. The molecule has 0 aromatic carbocycles. The van der Waals surface area contributed by atoms with Crippen molar-refractivity contribution in [2.45, 2.75) is 20.3 Å². The smallest absolute Gasteiger partial charge is 0.316 e. The number of nitrogens with one attached hydrogen (secondary N) is 1. The zero-order valence-electron chi connectivity index (χ0n) is 7.26. The van der Waals surface area contributed by atoms with Crippen LogP contribution >= 0.6 is 0 Å². The normalized spacial score (nSPS) is 27.8. The topological polar surface area (TPSA) is 66.4 Å². The van der Waals surface area contributed by atoms with E-state index in [0.29, 0.717) is 13.0 Å². The van der Waals surface area contributed by atoms with Crippen LogP contribution in [0.5, 0.6) is 0 Å². The SMILES string of the molecule is CC1(C)CNC(=O)[C@@H](C(=O)O)C1. The van der Waals surface area contributed by atoms with E-state index in [9.17, 15) is 9.59 Å². The van der Waals surface area contributed by atoms with Gasteiger partial charge in [-0.3, -0.25) is 9.59 Å². The molecule has 0 spiro atoms. The van der Waals surface area contributed by atoms with Crippen molar-refractivity contribution in [3.63, 3.8) is 0 Å². The number of hydrogen-bond acceptors (Lipinski definition) is 2. The van der Waals surface area contributed by atoms with Gasteiger partial charge in [-0.25, -0.2) is 0 Å². The summed E-state index contributed by atoms with van der Waals surface area (Å²) >= 11 is 0. The minimum atomic E-state index is -1.03. The molecule has 1 rings (SSSR count). The van der Waals surface area contributed by atoms with Crippen LogP contribution in [0.1, 0.15) is 20.3 Å². The van der Waals surface area contributed by atoms with Crippen molar-refractivity contribution in [3.8, 4) is 0 Å². The molecule has 68 valence electrons. The highest BCUT2D eigenvalue weighted by molar-refractivity contribution is 5.97. The molecule has 1 heterocycles. The lowest BCUT2D eigenvalue weighted by Gasteiger charge is -2.32. The second-order valence-corrected chi connectivity index (χ2v) is 3.98. The van der Waals surface area contributed by atoms with Crippen molar-refractivity contribution < 1.29 is 14.7 Å². The first kappa shape index (κ1) is 9.03. The van der Waals surface area contributed by atoms with Crippen molar-refractivity contribution in [1.29, 1.82) is 0 Å². The van der Waals surface area contributed by atoms with E-state index in [1.165, 1.54) is 0 Å². The van der Waals surface area contributed by atoms with E-state index in [-0.39, 0.29) is 11.3 Å². The van der Waals surface area contributed by atoms with E-state index in [1.807, 2.05) is 13.8 Å². The van der Waals surface area contributed by atoms with E-state index in [4.69, 9.17) is 5.11 Å². The minimum absolute atomic E-state index is 0.100. The molecule has 1 aliphatic rings. The van der Waals surface area contributed by atoms with Gasteiger partial charge < -0.3 is 10.4 Å². The number of amides is 1. The van der Waals surface area contributed by atoms with Gasteiger partial charge in [-0.2, -0.15) is 0 Å². The van der Waals surface area contributed by atoms with Crippen LogP contribution in [0.3, 0.4) is 0 Å². The Bertz CT molecular complexity index is 222. The average Bonchev–Trinajstić information content (AvgIpc) is 1.94. The van der Waals surface area contributed by atoms with Crippen LogP contribution < -0.4 is 5.32 Å². The van der Waals surface area contributed by atoms with Crippen LogP contribution in [0.2, 0.25) is 0 Å². The minimum Gasteiger partial charge on any atom is -0.481 e. The molecule has 4 nitrogen and oxygen atoms in total. The third kappa shape index (κ3) is 1.75. The fourth-order valence-corrected chi connectivity index (χ4v) is 1.37. The van der Waals surface area contributed by atoms with E-state index < -0.39 is 11.9 Å². The quantitative estimate of drug-likeness (QED) is 0.555. The van der Waals surface area contributed by atoms with Gasteiger partial charge in [0.25, 0.3) is 0 Å². The van der Waals surface area contributed by atoms with Crippen LogP contribution in [-0.4, -0.2) is 23.5 Å². The van der Waals surface area contributed by atoms with E-state index in [1.54, 1.807) is 0 Å². The van der Waals surface area contributed by atoms with E-state index >= 15 is 0 Å². The van der Waals surface area contributed by atoms with Crippen LogP contribution in [0.15, 0.2) is 0 Å². The van der Waals surface area contributed by atoms with Crippen molar-refractivity contribution in [1.82, 2.24) is 5.32 Å². The number of carboxylic acids is 1. The molecule has 0 radical (unpaired) electrons. The Labute approximate surface area is 71.0 Å². The number of piperidine rings is 1. The molecule has 0 aliphatic carbocycles. The largest absolute Gasteiger partial charge is 0.481 e. The van der Waals surface area contributed by atoms with Gasteiger partial charge in [0, 0.05) is 6.54 Å². The summed E-state index contributed by atoms with van der Waals surface area (Å²) in [5.41, 5.74) is -0.100. The Morgan fingerprint density at radius 1 is 1.67 bits per heavy atom. The second kappa shape index (κ2) is 2.77. The predicted octanol–water partition coefficient (Wildman–Crippen LogP) is 0.233. The summed E-state index contributed by atoms with van der Waals surface area (Å²) in [5.74, 6) is -2.25. The molecule has 1 aliphatic heterocycles. The van der Waals surface area contributed by atoms with E-state index in [0.717, 1.165) is 0 Å². The predicted molar refractivity (Wildman–Crippen MR) is 42.5 cm³/mol. The zero-order valence-corrected chi connectivity index (χ0v) is 7.26. The van der Waals surface area contributed by atoms with Gasteiger partial charge >= 0.3 is 5.97 Å². The van der Waals surface area contributed by atoms with Gasteiger partial charge in [0.15, 0.2) is 0 Å². The maximum absolute atomic E-state index is 11.0. The molecular weight excluding hydrogens is 158 g/mol. The summed E-state index contributed by atoms with van der Waals surface area (Å²) in [7, 11) is 0. The van der Waals surface area contributed by atoms with Crippen molar-refractivity contribution in [3.05, 3.63) is 0 Å². The number of carbonyl (C=O) groups is 2. The Kier molecular flexibility index (Phi) is 2.08. The highest BCUT2D eigenvalue weighted by Gasteiger charge is 2.37. The molecule has 0 aromatic rings. The van der Waals surface area contributed by atoms with Crippen molar-refractivity contribution >= 4 is 11.9 Å². The van der Waals surface area contributed by atoms with Gasteiger partial charge in [0.05, 0.1) is 0 Å². The van der Waals surface area contributed by atoms with E-state index in [2.05, 4.69) is 5.32 Å². The van der Waals surface area contributed by atoms with Gasteiger partial charge in [0.1, 0.15) is 5.92 Å². The first-order valence-electron chi connectivity index (χ1n) is 3.93. The molecule has 0 unspecified atom stereocenters. The Balaban J connectivity index is 2.72. The summed E-state index contributed by atoms with van der Waals surface area (Å²) in [6.07, 6.45) is 0.425. The van der Waals surface area contributed by atoms with Crippen molar-refractivity contribution in [2.75, 3.05) is 6.54 Å². The Hall–Kier alpha value is -1.06. The van der Waals surface area contributed by atoms with Gasteiger partial charge in [-0.05, 0) is 11.8 Å². The standard InChI is InChI=1S/C8H13NO3/c1-8(2)3-5(7(11)12)6(10)9-4-8/h5H,3-4H2,1-2H3,(H,9,10)(H,11,12)/t5-/m0/s1. The Morgan fingerprint density at radius 3 is 2.67 bits per heavy atom. The molecule has 0 aromatic heterocycles. The summed E-state index contributed by atoms with van der Waals surface area (Å²) in [6, 6.07) is 0. The highest BCUT2D eigenvalue weighted by atomic mass is 16.4. The van der Waals surface area contributed by atoms with Crippen LogP contribution in [-0.2, 0) is 9.59 Å². The Morgan fingerprint density at radius 2 is 2.25 bits per heavy atom. The van der Waals surface area contributed by atoms with Crippen LogP contribution in [0, 0.1) is 11.3 Å². The molecule has 4 heteroatoms. The number of carboxylic acid groups (broad SMARTS) is 1. The maximum Gasteiger partial charge on any atom is 0.316 e. The maximum atomic E-state index is 11.0. The molecule has 0 saturated carbocycles. The highest BCUT2D eigenvalue weighted by Crippen LogP contribution is 2.28. The third-order valence-electron chi connectivity index (χ3n) is 2.11. The zero-order chi connectivity index (χ0) is 9.35. The van der Waals surface area contributed by atoms with Gasteiger partial charge in [-0.1, -0.05) is 13.8 Å². The number of rotatable bonds is 1. The van der Waals surface area contributed by atoms with Gasteiger partial charge in [0.2, 0.25) is 5.91 Å². The molecule has 1 amide bonds. The summed E-state index contributed by atoms with van der Waals surface area (Å²) < 4.78 is 0. The summed E-state index contributed by atoms with van der Waals surface area (Å²) in [6.45, 7) is 4.46. The lowest BCUT2D eigenvalue weighted by atomic mass is 9.79. The first-order valence-corrected chi connectivity index (χ1v) is 3.93. The third-order valence-corrected chi connectivity index (χ3v) is 2.11. The molecule has 0 bridgehead atoms. The molecule has 1 saturated heterocycles. The monoisotopic (exact) mass is 171 g/mol. The number of hydrogen-bond donors (Lipinski definition) is 2. The lowest BCUT2D eigenvalue weighted by Crippen LogP contribution is -2.48. The molecular formula is C8H13NO3. The summed E-state index contributed by atoms with van der Waals surface area (Å²) in [5, 5.41) is 11.3. The van der Waals surface area contributed by atoms with Crippen LogP contribution in [0.4, 0.5) is 0 Å². The summed E-state index contributed by atoms with van der Waals surface area (Å²) in [4.78, 5) is 21.6. The van der Waals surface area contributed by atoms with Gasteiger partial charge in [-0.15, -0.1) is 0 Å². The first-order chi connectivity index (χ1) is 5.42. The lowest BCUT2D eigenvalue weighted by molar-refractivity contribution is -0.150. The fourth-order valence-electron chi connectivity index (χ4n) is 1.37. The average molecular weight is 171 g/mol. The fraction of sp³-hybridized carbons (Fsp3) is 0.750. The molecule has 2 N–H and O–H groups in total. The molecule has 12 heavy (non-hydrogen) atoms.